The molecular formula is C58H40N2. The van der Waals surface area contributed by atoms with Crippen LogP contribution in [0, 0.1) is 0 Å². The van der Waals surface area contributed by atoms with Gasteiger partial charge in [0.2, 0.25) is 0 Å². The molecule has 0 fully saturated rings. The molecule has 0 atom stereocenters. The predicted octanol–water partition coefficient (Wildman–Crippen LogP) is 16.1. The van der Waals surface area contributed by atoms with Gasteiger partial charge in [-0.1, -0.05) is 194 Å². The summed E-state index contributed by atoms with van der Waals surface area (Å²) in [5.74, 6) is 0. The molecule has 0 saturated heterocycles. The lowest BCUT2D eigenvalue weighted by Crippen LogP contribution is -2.11. The first-order chi connectivity index (χ1) is 29.8. The van der Waals surface area contributed by atoms with Crippen LogP contribution >= 0.6 is 0 Å². The van der Waals surface area contributed by atoms with Crippen molar-refractivity contribution in [3.05, 3.63) is 243 Å². The Hall–Kier alpha value is -7.94. The fourth-order valence-electron chi connectivity index (χ4n) is 8.97. The summed E-state index contributed by atoms with van der Waals surface area (Å²) in [6.07, 6.45) is 0. The third kappa shape index (κ3) is 6.23. The first-order valence-corrected chi connectivity index (χ1v) is 20.6. The summed E-state index contributed by atoms with van der Waals surface area (Å²) >= 11 is 0. The van der Waals surface area contributed by atoms with Crippen LogP contribution in [0.3, 0.4) is 0 Å². The minimum Gasteiger partial charge on any atom is -0.310 e. The molecule has 2 nitrogen and oxygen atoms in total. The van der Waals surface area contributed by atoms with E-state index in [1.54, 1.807) is 0 Å². The van der Waals surface area contributed by atoms with Crippen molar-refractivity contribution in [3.8, 4) is 50.2 Å². The second kappa shape index (κ2) is 15.1. The second-order valence-corrected chi connectivity index (χ2v) is 15.3. The third-order valence-corrected chi connectivity index (χ3v) is 11.8. The highest BCUT2D eigenvalue weighted by atomic mass is 15.1. The Bertz CT molecular complexity index is 3290. The number of fused-ring (bicyclic) bond motifs is 4. The van der Waals surface area contributed by atoms with E-state index in [9.17, 15) is 0 Å². The van der Waals surface area contributed by atoms with E-state index in [1.165, 1.54) is 71.6 Å². The standard InChI is InChI=1S/C58H40N2/c1-4-17-41(18-5-1)43-31-34-47(35-32-43)59(55-29-14-12-26-51(55)50-28-16-24-44-23-10-11-25-49(44)50)48-36-37-53-52-27-13-15-30-56(52)60(58(53)40-48)57-38-33-46(42-19-6-2-7-20-42)39-54(57)45-21-8-3-9-22-45/h1-40H. The van der Waals surface area contributed by atoms with Crippen LogP contribution in [0.25, 0.3) is 82.8 Å². The normalized spacial score (nSPS) is 11.3. The molecule has 1 aromatic heterocycles. The van der Waals surface area contributed by atoms with Crippen LogP contribution in [0.4, 0.5) is 17.1 Å². The molecule has 282 valence electrons. The van der Waals surface area contributed by atoms with Gasteiger partial charge in [-0.05, 0) is 92.7 Å². The van der Waals surface area contributed by atoms with Gasteiger partial charge in [-0.2, -0.15) is 0 Å². The molecule has 0 radical (unpaired) electrons. The predicted molar refractivity (Wildman–Crippen MR) is 255 cm³/mol. The average Bonchev–Trinajstić information content (AvgIpc) is 3.66. The summed E-state index contributed by atoms with van der Waals surface area (Å²) in [6, 6.07) is 88.0. The smallest absolute Gasteiger partial charge is 0.0562 e. The monoisotopic (exact) mass is 764 g/mol. The van der Waals surface area contributed by atoms with Crippen LogP contribution in [0.1, 0.15) is 0 Å². The molecule has 0 saturated carbocycles. The van der Waals surface area contributed by atoms with Crippen LogP contribution in [0.15, 0.2) is 243 Å². The van der Waals surface area contributed by atoms with Crippen molar-refractivity contribution < 1.29 is 0 Å². The quantitative estimate of drug-likeness (QED) is 0.150. The average molecular weight is 765 g/mol. The largest absolute Gasteiger partial charge is 0.310 e. The lowest BCUT2D eigenvalue weighted by molar-refractivity contribution is 1.18. The van der Waals surface area contributed by atoms with Crippen molar-refractivity contribution in [2.24, 2.45) is 0 Å². The van der Waals surface area contributed by atoms with E-state index in [2.05, 4.69) is 252 Å². The Balaban J connectivity index is 1.16. The zero-order chi connectivity index (χ0) is 39.8. The van der Waals surface area contributed by atoms with Gasteiger partial charge in [-0.25, -0.2) is 0 Å². The van der Waals surface area contributed by atoms with E-state index < -0.39 is 0 Å². The van der Waals surface area contributed by atoms with Crippen molar-refractivity contribution in [1.82, 2.24) is 4.57 Å². The molecule has 0 bridgehead atoms. The molecular weight excluding hydrogens is 725 g/mol. The van der Waals surface area contributed by atoms with Crippen molar-refractivity contribution in [1.29, 1.82) is 0 Å². The molecule has 2 heteroatoms. The lowest BCUT2D eigenvalue weighted by Gasteiger charge is -2.28. The van der Waals surface area contributed by atoms with Gasteiger partial charge in [0.25, 0.3) is 0 Å². The highest BCUT2D eigenvalue weighted by Crippen LogP contribution is 2.45. The maximum atomic E-state index is 2.47. The van der Waals surface area contributed by atoms with E-state index in [1.807, 2.05) is 0 Å². The molecule has 11 aromatic rings. The molecule has 0 aliphatic heterocycles. The highest BCUT2D eigenvalue weighted by molar-refractivity contribution is 6.11. The Morgan fingerprint density at radius 2 is 0.817 bits per heavy atom. The fraction of sp³-hybridized carbons (Fsp3) is 0. The van der Waals surface area contributed by atoms with Gasteiger partial charge in [-0.15, -0.1) is 0 Å². The Morgan fingerprint density at radius 1 is 0.283 bits per heavy atom. The number of benzene rings is 10. The van der Waals surface area contributed by atoms with Crippen molar-refractivity contribution in [2.75, 3.05) is 4.90 Å². The molecule has 0 N–H and O–H groups in total. The van der Waals surface area contributed by atoms with E-state index in [-0.39, 0.29) is 0 Å². The second-order valence-electron chi connectivity index (χ2n) is 15.3. The molecule has 0 aliphatic carbocycles. The van der Waals surface area contributed by atoms with E-state index >= 15 is 0 Å². The number of para-hydroxylation sites is 2. The van der Waals surface area contributed by atoms with Gasteiger partial charge in [0, 0.05) is 33.3 Å². The number of anilines is 3. The lowest BCUT2D eigenvalue weighted by atomic mass is 9.96. The van der Waals surface area contributed by atoms with E-state index in [0.29, 0.717) is 0 Å². The molecule has 1 heterocycles. The highest BCUT2D eigenvalue weighted by Gasteiger charge is 2.22. The van der Waals surface area contributed by atoms with Gasteiger partial charge >= 0.3 is 0 Å². The van der Waals surface area contributed by atoms with Gasteiger partial charge in [0.15, 0.2) is 0 Å². The minimum atomic E-state index is 1.08. The maximum absolute atomic E-state index is 2.47. The first-order valence-electron chi connectivity index (χ1n) is 20.6. The van der Waals surface area contributed by atoms with Crippen molar-refractivity contribution in [3.63, 3.8) is 0 Å². The molecule has 10 aromatic carbocycles. The van der Waals surface area contributed by atoms with Gasteiger partial charge in [0.1, 0.15) is 0 Å². The molecule has 0 spiro atoms. The van der Waals surface area contributed by atoms with Crippen LogP contribution in [-0.4, -0.2) is 4.57 Å². The summed E-state index contributed by atoms with van der Waals surface area (Å²) in [5.41, 5.74) is 16.2. The third-order valence-electron chi connectivity index (χ3n) is 11.8. The molecule has 11 rings (SSSR count). The first kappa shape index (κ1) is 35.2. The number of hydrogen-bond acceptors (Lipinski definition) is 1. The topological polar surface area (TPSA) is 8.17 Å². The van der Waals surface area contributed by atoms with Crippen molar-refractivity contribution >= 4 is 49.6 Å². The van der Waals surface area contributed by atoms with Gasteiger partial charge < -0.3 is 9.47 Å². The Kier molecular flexibility index (Phi) is 8.87. The van der Waals surface area contributed by atoms with E-state index in [0.717, 1.165) is 28.3 Å². The van der Waals surface area contributed by atoms with Gasteiger partial charge in [-0.3, -0.25) is 0 Å². The zero-order valence-corrected chi connectivity index (χ0v) is 33.0. The summed E-state index contributed by atoms with van der Waals surface area (Å²) in [4.78, 5) is 2.43. The number of hydrogen-bond donors (Lipinski definition) is 0. The maximum Gasteiger partial charge on any atom is 0.0562 e. The Morgan fingerprint density at radius 3 is 1.58 bits per heavy atom. The summed E-state index contributed by atoms with van der Waals surface area (Å²) in [7, 11) is 0. The molecule has 60 heavy (non-hydrogen) atoms. The SMILES string of the molecule is c1ccc(-c2ccc(N(c3ccc4c5ccccc5n(-c5ccc(-c6ccccc6)cc5-c5ccccc5)c4c3)c3ccccc3-c3cccc4ccccc34)cc2)cc1. The van der Waals surface area contributed by atoms with Crippen LogP contribution < -0.4 is 4.90 Å². The number of rotatable bonds is 8. The Labute approximate surface area is 350 Å². The summed E-state index contributed by atoms with van der Waals surface area (Å²) < 4.78 is 2.47. The van der Waals surface area contributed by atoms with Crippen LogP contribution in [0.2, 0.25) is 0 Å². The zero-order valence-electron chi connectivity index (χ0n) is 33.0. The summed E-state index contributed by atoms with van der Waals surface area (Å²) in [6.45, 7) is 0. The van der Waals surface area contributed by atoms with E-state index in [4.69, 9.17) is 0 Å². The van der Waals surface area contributed by atoms with Crippen molar-refractivity contribution in [2.45, 2.75) is 0 Å². The van der Waals surface area contributed by atoms with Crippen LogP contribution in [-0.2, 0) is 0 Å². The fourth-order valence-corrected chi connectivity index (χ4v) is 8.97. The van der Waals surface area contributed by atoms with Crippen LogP contribution in [0.5, 0.6) is 0 Å². The molecule has 0 amide bonds. The molecule has 0 unspecified atom stereocenters. The number of nitrogens with zero attached hydrogens (tertiary/aromatic N) is 2. The minimum absolute atomic E-state index is 1.08. The molecule has 0 aliphatic rings. The summed E-state index contributed by atoms with van der Waals surface area (Å²) in [5, 5.41) is 4.89. The number of aromatic nitrogens is 1. The van der Waals surface area contributed by atoms with Gasteiger partial charge in [0.05, 0.1) is 22.4 Å².